The van der Waals surface area contributed by atoms with Crippen LogP contribution in [-0.2, 0) is 0 Å². The maximum Gasteiger partial charge on any atom is 0.284 e. The van der Waals surface area contributed by atoms with Crippen LogP contribution in [0.2, 0.25) is 0 Å². The van der Waals surface area contributed by atoms with E-state index in [4.69, 9.17) is 8.83 Å². The number of rotatable bonds is 5. The highest BCUT2D eigenvalue weighted by atomic mass is 32.2. The van der Waals surface area contributed by atoms with Crippen LogP contribution in [0.1, 0.15) is 16.4 Å². The van der Waals surface area contributed by atoms with Crippen molar-refractivity contribution in [1.29, 1.82) is 0 Å². The fourth-order valence-corrected chi connectivity index (χ4v) is 3.45. The van der Waals surface area contributed by atoms with Crippen molar-refractivity contribution >= 4 is 11.8 Å². The van der Waals surface area contributed by atoms with Crippen molar-refractivity contribution < 1.29 is 8.83 Å². The first kappa shape index (κ1) is 14.8. The van der Waals surface area contributed by atoms with Gasteiger partial charge >= 0.3 is 0 Å². The van der Waals surface area contributed by atoms with Crippen LogP contribution in [0.25, 0.3) is 11.7 Å². The van der Waals surface area contributed by atoms with E-state index in [-0.39, 0.29) is 5.25 Å². The summed E-state index contributed by atoms with van der Waals surface area (Å²) in [7, 11) is 0. The van der Waals surface area contributed by atoms with E-state index in [1.54, 1.807) is 18.4 Å². The summed E-state index contributed by atoms with van der Waals surface area (Å²) in [6.07, 6.45) is 1.59. The maximum absolute atomic E-state index is 5.75. The second-order valence-electron chi connectivity index (χ2n) is 5.17. The quantitative estimate of drug-likeness (QED) is 0.469. The molecule has 2 heterocycles. The molecule has 0 bridgehead atoms. The molecule has 0 N–H and O–H groups in total. The SMILES string of the molecule is c1ccc(C(Sc2nnc(-c3ccco3)o2)c2ccccc2)cc1. The van der Waals surface area contributed by atoms with E-state index < -0.39 is 0 Å². The highest BCUT2D eigenvalue weighted by molar-refractivity contribution is 7.99. The topological polar surface area (TPSA) is 52.1 Å². The van der Waals surface area contributed by atoms with Gasteiger partial charge in [-0.05, 0) is 23.3 Å². The number of aromatic nitrogens is 2. The minimum Gasteiger partial charge on any atom is -0.459 e. The Bertz CT molecular complexity index is 850. The summed E-state index contributed by atoms with van der Waals surface area (Å²) in [6, 6.07) is 24.2. The first-order valence-electron chi connectivity index (χ1n) is 7.54. The third-order valence-corrected chi connectivity index (χ3v) is 4.71. The van der Waals surface area contributed by atoms with Crippen molar-refractivity contribution in [3.05, 3.63) is 90.2 Å². The molecule has 0 saturated carbocycles. The van der Waals surface area contributed by atoms with Gasteiger partial charge in [-0.1, -0.05) is 72.4 Å². The van der Waals surface area contributed by atoms with Crippen LogP contribution in [-0.4, -0.2) is 10.2 Å². The Morgan fingerprint density at radius 3 is 2.00 bits per heavy atom. The van der Waals surface area contributed by atoms with Crippen molar-refractivity contribution in [3.8, 4) is 11.7 Å². The van der Waals surface area contributed by atoms with Crippen molar-refractivity contribution in [2.24, 2.45) is 0 Å². The summed E-state index contributed by atoms with van der Waals surface area (Å²) in [4.78, 5) is 0. The summed E-state index contributed by atoms with van der Waals surface area (Å²) in [5.41, 5.74) is 2.37. The zero-order chi connectivity index (χ0) is 16.2. The van der Waals surface area contributed by atoms with Crippen molar-refractivity contribution in [2.45, 2.75) is 10.5 Å². The standard InChI is InChI=1S/C19H14N2O2S/c1-3-8-14(9-4-1)17(15-10-5-2-6-11-15)24-19-21-20-18(23-19)16-12-7-13-22-16/h1-13,17H. The molecule has 0 aliphatic carbocycles. The van der Waals surface area contributed by atoms with Crippen molar-refractivity contribution in [2.75, 3.05) is 0 Å². The van der Waals surface area contributed by atoms with Crippen LogP contribution in [0.3, 0.4) is 0 Å². The Balaban J connectivity index is 1.65. The lowest BCUT2D eigenvalue weighted by Crippen LogP contribution is -1.96. The first-order valence-corrected chi connectivity index (χ1v) is 8.42. The average Bonchev–Trinajstić information content (AvgIpc) is 3.33. The number of nitrogens with zero attached hydrogens (tertiary/aromatic N) is 2. The zero-order valence-electron chi connectivity index (χ0n) is 12.7. The van der Waals surface area contributed by atoms with Gasteiger partial charge in [-0.15, -0.1) is 10.2 Å². The zero-order valence-corrected chi connectivity index (χ0v) is 13.5. The largest absolute Gasteiger partial charge is 0.459 e. The Hall–Kier alpha value is -2.79. The molecule has 0 radical (unpaired) electrons. The molecule has 0 atom stereocenters. The molecule has 5 heteroatoms. The van der Waals surface area contributed by atoms with Gasteiger partial charge in [-0.2, -0.15) is 0 Å². The van der Waals surface area contributed by atoms with Crippen molar-refractivity contribution in [3.63, 3.8) is 0 Å². The molecule has 0 spiro atoms. The number of benzene rings is 2. The lowest BCUT2D eigenvalue weighted by atomic mass is 10.0. The van der Waals surface area contributed by atoms with Gasteiger partial charge in [-0.3, -0.25) is 0 Å². The van der Waals surface area contributed by atoms with Gasteiger partial charge in [0, 0.05) is 0 Å². The second-order valence-corrected chi connectivity index (χ2v) is 6.23. The molecule has 0 fully saturated rings. The molecular formula is C19H14N2O2S. The van der Waals surface area contributed by atoms with E-state index in [0.29, 0.717) is 16.9 Å². The molecule has 4 nitrogen and oxygen atoms in total. The molecule has 0 aliphatic heterocycles. The summed E-state index contributed by atoms with van der Waals surface area (Å²) in [5, 5.41) is 8.81. The average molecular weight is 334 g/mol. The molecule has 0 amide bonds. The van der Waals surface area contributed by atoms with Crippen LogP contribution in [0.5, 0.6) is 0 Å². The maximum atomic E-state index is 5.75. The third-order valence-electron chi connectivity index (χ3n) is 3.56. The van der Waals surface area contributed by atoms with Gasteiger partial charge in [-0.25, -0.2) is 0 Å². The Morgan fingerprint density at radius 1 is 0.750 bits per heavy atom. The van der Waals surface area contributed by atoms with Crippen LogP contribution < -0.4 is 0 Å². The summed E-state index contributed by atoms with van der Waals surface area (Å²) in [6.45, 7) is 0. The fourth-order valence-electron chi connectivity index (χ4n) is 2.44. The molecule has 4 rings (SSSR count). The molecule has 24 heavy (non-hydrogen) atoms. The molecule has 0 unspecified atom stereocenters. The van der Waals surface area contributed by atoms with Crippen LogP contribution in [0.4, 0.5) is 0 Å². The van der Waals surface area contributed by atoms with Crippen LogP contribution in [0, 0.1) is 0 Å². The lowest BCUT2D eigenvalue weighted by Gasteiger charge is -2.15. The van der Waals surface area contributed by atoms with Gasteiger partial charge in [0.1, 0.15) is 0 Å². The Morgan fingerprint density at radius 2 is 1.42 bits per heavy atom. The summed E-state index contributed by atoms with van der Waals surface area (Å²) < 4.78 is 11.1. The molecule has 0 aliphatic rings. The summed E-state index contributed by atoms with van der Waals surface area (Å²) >= 11 is 1.53. The molecular weight excluding hydrogens is 320 g/mol. The predicted octanol–water partition coefficient (Wildman–Crippen LogP) is 5.21. The van der Waals surface area contributed by atoms with Crippen LogP contribution >= 0.6 is 11.8 Å². The highest BCUT2D eigenvalue weighted by Crippen LogP contribution is 2.40. The van der Waals surface area contributed by atoms with E-state index in [1.807, 2.05) is 36.4 Å². The normalized spacial score (nSPS) is 11.0. The minimum absolute atomic E-state index is 0.0808. The van der Waals surface area contributed by atoms with Gasteiger partial charge in [0.25, 0.3) is 11.1 Å². The number of furan rings is 1. The molecule has 2 aromatic heterocycles. The Labute approximate surface area is 143 Å². The van der Waals surface area contributed by atoms with Gasteiger partial charge in [0.05, 0.1) is 11.5 Å². The van der Waals surface area contributed by atoms with E-state index in [9.17, 15) is 0 Å². The lowest BCUT2D eigenvalue weighted by molar-refractivity contribution is 0.447. The van der Waals surface area contributed by atoms with E-state index in [2.05, 4.69) is 34.5 Å². The van der Waals surface area contributed by atoms with Gasteiger partial charge in [0.2, 0.25) is 0 Å². The predicted molar refractivity (Wildman–Crippen MR) is 92.6 cm³/mol. The molecule has 118 valence electrons. The third kappa shape index (κ3) is 3.12. The van der Waals surface area contributed by atoms with Crippen molar-refractivity contribution in [1.82, 2.24) is 10.2 Å². The first-order chi connectivity index (χ1) is 11.9. The van der Waals surface area contributed by atoms with E-state index in [1.165, 1.54) is 22.9 Å². The number of hydrogen-bond donors (Lipinski definition) is 0. The van der Waals surface area contributed by atoms with E-state index >= 15 is 0 Å². The smallest absolute Gasteiger partial charge is 0.284 e. The summed E-state index contributed by atoms with van der Waals surface area (Å²) in [5.74, 6) is 0.965. The Kier molecular flexibility index (Phi) is 4.16. The number of hydrogen-bond acceptors (Lipinski definition) is 5. The minimum atomic E-state index is 0.0808. The van der Waals surface area contributed by atoms with Crippen LogP contribution in [0.15, 0.2) is 93.1 Å². The fraction of sp³-hybridized carbons (Fsp3) is 0.0526. The van der Waals surface area contributed by atoms with E-state index in [0.717, 1.165) is 0 Å². The molecule has 0 saturated heterocycles. The van der Waals surface area contributed by atoms with Gasteiger partial charge < -0.3 is 8.83 Å². The number of thioether (sulfide) groups is 1. The van der Waals surface area contributed by atoms with Gasteiger partial charge in [0.15, 0.2) is 5.76 Å². The molecule has 4 aromatic rings. The molecule has 2 aromatic carbocycles. The highest BCUT2D eigenvalue weighted by Gasteiger charge is 2.20. The second kappa shape index (κ2) is 6.76. The monoisotopic (exact) mass is 334 g/mol.